The largest absolute Gasteiger partial charge is 0.378 e. The minimum atomic E-state index is -0.706. The molecule has 3 atom stereocenters. The summed E-state index contributed by atoms with van der Waals surface area (Å²) >= 11 is 1.90. The second-order valence-electron chi connectivity index (χ2n) is 21.7. The third kappa shape index (κ3) is 58.1. The fourth-order valence-corrected chi connectivity index (χ4v) is 10.3. The smallest absolute Gasteiger partial charge is 0.335 e. The van der Waals surface area contributed by atoms with Gasteiger partial charge in [0.05, 0.1) is 336 Å². The third-order valence-corrected chi connectivity index (χ3v) is 15.4. The number of hydrogen-bond acceptors (Lipinski definition) is 31. The van der Waals surface area contributed by atoms with Gasteiger partial charge in [0.1, 0.15) is 0 Å². The number of hydroxylamine groups is 2. The first-order valence-corrected chi connectivity index (χ1v) is 36.4. The van der Waals surface area contributed by atoms with Crippen LogP contribution in [0.1, 0.15) is 44.9 Å². The van der Waals surface area contributed by atoms with Crippen molar-refractivity contribution in [3.05, 3.63) is 0 Å². The average molecular weight is 1470 g/mol. The van der Waals surface area contributed by atoms with E-state index in [4.69, 9.17) is 119 Å². The van der Waals surface area contributed by atoms with E-state index in [2.05, 4.69) is 16.0 Å². The van der Waals surface area contributed by atoms with Crippen molar-refractivity contribution in [2.24, 2.45) is 0 Å². The number of carbonyl (C=O) groups excluding carboxylic acids is 5. The Hall–Kier alpha value is -3.26. The molecule has 0 aromatic heterocycles. The Balaban J connectivity index is 0.833. The number of thioether (sulfide) groups is 1. The van der Waals surface area contributed by atoms with Crippen molar-refractivity contribution in [1.82, 2.24) is 21.0 Å². The van der Waals surface area contributed by atoms with Crippen molar-refractivity contribution in [2.75, 3.05) is 329 Å². The van der Waals surface area contributed by atoms with Crippen molar-refractivity contribution in [2.45, 2.75) is 62.3 Å². The molecule has 3 rings (SSSR count). The van der Waals surface area contributed by atoms with Crippen LogP contribution in [0.5, 0.6) is 0 Å². The van der Waals surface area contributed by atoms with Crippen LogP contribution in [-0.4, -0.2) is 382 Å². The maximum Gasteiger partial charge on any atom is 0.335 e. The van der Waals surface area contributed by atoms with Crippen LogP contribution < -0.4 is 16.0 Å². The SMILES string of the molecule is O=C(CCCC[C@@H]1SC[C@@H]2NC(=O)N[C@@H]21)NCCOCCOCCOCCOCCOCCOCCOCCOCCOCCOCCOCCOCCOCCOCCOCCOCCOCCOCCOCCOCCOCCOCCOCCOCCC(=O)ON1C(=O)CCC1=O. The van der Waals surface area contributed by atoms with Gasteiger partial charge in [-0.1, -0.05) is 6.42 Å². The molecule has 100 heavy (non-hydrogen) atoms. The summed E-state index contributed by atoms with van der Waals surface area (Å²) in [4.78, 5) is 63.0. The molecule has 0 radical (unpaired) electrons. The van der Waals surface area contributed by atoms with Crippen LogP contribution >= 0.6 is 11.8 Å². The van der Waals surface area contributed by atoms with E-state index >= 15 is 0 Å². The van der Waals surface area contributed by atoms with E-state index in [1.54, 1.807) is 0 Å². The minimum Gasteiger partial charge on any atom is -0.378 e. The van der Waals surface area contributed by atoms with E-state index in [-0.39, 0.29) is 56.5 Å². The number of ether oxygens (including phenoxy) is 24. The Labute approximate surface area is 594 Å². The van der Waals surface area contributed by atoms with Crippen molar-refractivity contribution >= 4 is 41.5 Å². The molecule has 0 saturated carbocycles. The van der Waals surface area contributed by atoms with E-state index in [1.165, 1.54) is 0 Å². The number of urea groups is 1. The summed E-state index contributed by atoms with van der Waals surface area (Å²) in [6.07, 6.45) is 3.31. The first-order chi connectivity index (χ1) is 49.4. The number of hydrogen-bond donors (Lipinski definition) is 3. The van der Waals surface area contributed by atoms with Gasteiger partial charge in [-0.2, -0.15) is 11.8 Å². The highest BCUT2D eigenvalue weighted by molar-refractivity contribution is 8.00. The summed E-state index contributed by atoms with van der Waals surface area (Å²) in [6.45, 7) is 21.9. The number of carbonyl (C=O) groups is 5. The van der Waals surface area contributed by atoms with Gasteiger partial charge in [0.25, 0.3) is 11.8 Å². The molecule has 35 heteroatoms. The van der Waals surface area contributed by atoms with Crippen LogP contribution in [0.4, 0.5) is 4.79 Å². The first kappa shape index (κ1) is 91.0. The van der Waals surface area contributed by atoms with Crippen LogP contribution in [0.15, 0.2) is 0 Å². The molecule has 34 nitrogen and oxygen atoms in total. The summed E-state index contributed by atoms with van der Waals surface area (Å²) in [5.41, 5.74) is 0. The molecule has 0 spiro atoms. The molecule has 0 aliphatic carbocycles. The van der Waals surface area contributed by atoms with Crippen LogP contribution in [0.3, 0.4) is 0 Å². The fourth-order valence-electron chi connectivity index (χ4n) is 8.75. The van der Waals surface area contributed by atoms with E-state index in [0.29, 0.717) is 327 Å². The number of nitrogens with one attached hydrogen (secondary N) is 3. The molecule has 0 aromatic rings. The topological polar surface area (TPSA) is 355 Å². The zero-order chi connectivity index (χ0) is 71.0. The van der Waals surface area contributed by atoms with E-state index < -0.39 is 17.8 Å². The van der Waals surface area contributed by atoms with Gasteiger partial charge in [-0.15, -0.1) is 5.06 Å². The molecule has 3 N–H and O–H groups in total. The normalized spacial score (nSPS) is 15.9. The molecule has 3 saturated heterocycles. The number of rotatable bonds is 81. The Morgan fingerprint density at radius 2 is 0.580 bits per heavy atom. The van der Waals surface area contributed by atoms with E-state index in [0.717, 1.165) is 25.0 Å². The highest BCUT2D eigenvalue weighted by Crippen LogP contribution is 2.33. The molecule has 0 bridgehead atoms. The number of nitrogens with zero attached hydrogens (tertiary/aromatic N) is 1. The van der Waals surface area contributed by atoms with Crippen molar-refractivity contribution in [3.8, 4) is 0 Å². The first-order valence-electron chi connectivity index (χ1n) is 35.3. The van der Waals surface area contributed by atoms with Crippen molar-refractivity contribution in [3.63, 3.8) is 0 Å². The molecule has 3 aliphatic rings. The molecule has 586 valence electrons. The standard InChI is InChI=1S/C65H120N4O30S/c70-60(4-2-1-3-59-64-58(57-100-59)67-65(74)68-64)66-8-10-76-12-14-78-16-18-80-20-22-82-24-26-84-28-30-86-32-34-88-36-38-90-40-42-92-44-46-94-48-50-96-52-54-98-56-55-97-53-51-95-49-47-93-45-43-91-41-39-89-37-35-87-33-31-85-29-27-83-25-23-81-21-19-79-17-15-77-13-11-75-9-7-63(73)99-69-61(71)5-6-62(69)72/h58-59,64H,1-57H2,(H,66,70)(H2,67,68,74)/t58-,59-,64-/m0/s1. The monoisotopic (exact) mass is 1470 g/mol. The van der Waals surface area contributed by atoms with Gasteiger partial charge < -0.3 is 134 Å². The predicted molar refractivity (Wildman–Crippen MR) is 358 cm³/mol. The molecule has 3 heterocycles. The van der Waals surface area contributed by atoms with Gasteiger partial charge >= 0.3 is 12.0 Å². The molecular formula is C65H120N4O30S. The zero-order valence-corrected chi connectivity index (χ0v) is 60.0. The molecule has 0 unspecified atom stereocenters. The van der Waals surface area contributed by atoms with Crippen LogP contribution in [0.2, 0.25) is 0 Å². The van der Waals surface area contributed by atoms with Crippen LogP contribution in [0.25, 0.3) is 0 Å². The van der Waals surface area contributed by atoms with Gasteiger partial charge in [0.2, 0.25) is 5.91 Å². The summed E-state index contributed by atoms with van der Waals surface area (Å²) in [7, 11) is 0. The molecular weight excluding hydrogens is 1350 g/mol. The molecule has 3 aliphatic heterocycles. The summed E-state index contributed by atoms with van der Waals surface area (Å²) < 4.78 is 132. The lowest BCUT2D eigenvalue weighted by Crippen LogP contribution is -2.36. The maximum atomic E-state index is 12.1. The van der Waals surface area contributed by atoms with Gasteiger partial charge in [-0.3, -0.25) is 14.4 Å². The second kappa shape index (κ2) is 71.4. The molecule has 5 amide bonds. The highest BCUT2D eigenvalue weighted by Gasteiger charge is 2.42. The Morgan fingerprint density at radius 3 is 0.850 bits per heavy atom. The average Bonchev–Trinajstić information content (AvgIpc) is 1.67. The lowest BCUT2D eigenvalue weighted by Gasteiger charge is -2.16. The van der Waals surface area contributed by atoms with Gasteiger partial charge in [-0.25, -0.2) is 9.59 Å². The number of fused-ring (bicyclic) bond motifs is 1. The Bertz CT molecular complexity index is 1870. The number of unbranched alkanes of at least 4 members (excludes halogenated alkanes) is 1. The number of amides is 5. The van der Waals surface area contributed by atoms with Gasteiger partial charge in [-0.05, 0) is 12.8 Å². The molecule has 3 fully saturated rings. The summed E-state index contributed by atoms with van der Waals surface area (Å²) in [5, 5.41) is 9.80. The summed E-state index contributed by atoms with van der Waals surface area (Å²) in [5.74, 6) is -0.754. The van der Waals surface area contributed by atoms with Crippen molar-refractivity contribution in [1.29, 1.82) is 0 Å². The predicted octanol–water partition coefficient (Wildman–Crippen LogP) is 0.224. The lowest BCUT2D eigenvalue weighted by atomic mass is 10.0. The fraction of sp³-hybridized carbons (Fsp3) is 0.923. The second-order valence-corrected chi connectivity index (χ2v) is 23.0. The van der Waals surface area contributed by atoms with Crippen molar-refractivity contribution < 1.29 is 142 Å². The third-order valence-electron chi connectivity index (χ3n) is 13.9. The van der Waals surface area contributed by atoms with E-state index in [9.17, 15) is 24.0 Å². The highest BCUT2D eigenvalue weighted by atomic mass is 32.2. The molecule has 0 aromatic carbocycles. The van der Waals surface area contributed by atoms with E-state index in [1.807, 2.05) is 11.8 Å². The number of imide groups is 1. The van der Waals surface area contributed by atoms with Crippen LogP contribution in [0, 0.1) is 0 Å². The Morgan fingerprint density at radius 1 is 0.330 bits per heavy atom. The Kier molecular flexibility index (Phi) is 64.9. The van der Waals surface area contributed by atoms with Gasteiger partial charge in [0.15, 0.2) is 0 Å². The van der Waals surface area contributed by atoms with Crippen LogP contribution in [-0.2, 0) is 138 Å². The van der Waals surface area contributed by atoms with Gasteiger partial charge in [0, 0.05) is 36.8 Å². The maximum absolute atomic E-state index is 12.1. The summed E-state index contributed by atoms with van der Waals surface area (Å²) in [6, 6.07) is 0.380. The zero-order valence-electron chi connectivity index (χ0n) is 59.1. The lowest BCUT2D eigenvalue weighted by molar-refractivity contribution is -0.198. The minimum absolute atomic E-state index is 0.0349. The quantitative estimate of drug-likeness (QED) is 0.0417.